The number of benzene rings is 1. The Morgan fingerprint density at radius 2 is 2.06 bits per heavy atom. The highest BCUT2D eigenvalue weighted by Gasteiger charge is 2.27. The van der Waals surface area contributed by atoms with Gasteiger partial charge in [0.2, 0.25) is 0 Å². The topological polar surface area (TPSA) is 87.8 Å². The second-order valence-electron chi connectivity index (χ2n) is 4.83. The van der Waals surface area contributed by atoms with E-state index in [1.807, 2.05) is 12.1 Å². The summed E-state index contributed by atoms with van der Waals surface area (Å²) < 4.78 is 0. The van der Waals surface area contributed by atoms with Crippen LogP contribution in [0, 0.1) is 0 Å². The number of phenols is 1. The maximum atomic E-state index is 9.22. The number of aromatic hydroxyl groups is 1. The number of hydrogen-bond donors (Lipinski definition) is 3. The van der Waals surface area contributed by atoms with Gasteiger partial charge in [-0.15, -0.1) is 0 Å². The molecular weight excluding hydrogens is 228 g/mol. The van der Waals surface area contributed by atoms with Gasteiger partial charge < -0.3 is 10.8 Å². The van der Waals surface area contributed by atoms with Gasteiger partial charge in [0.05, 0.1) is 6.04 Å². The molecule has 1 aromatic heterocycles. The number of nitrogens with zero attached hydrogens (tertiary/aromatic N) is 2. The van der Waals surface area contributed by atoms with Gasteiger partial charge in [-0.2, -0.15) is 5.10 Å². The van der Waals surface area contributed by atoms with Crippen molar-refractivity contribution < 1.29 is 5.11 Å². The van der Waals surface area contributed by atoms with E-state index in [4.69, 9.17) is 5.73 Å². The monoisotopic (exact) mass is 244 g/mol. The van der Waals surface area contributed by atoms with Gasteiger partial charge in [0, 0.05) is 5.92 Å². The first-order chi connectivity index (χ1) is 8.72. The van der Waals surface area contributed by atoms with Crippen LogP contribution in [0.15, 0.2) is 24.3 Å². The zero-order valence-electron chi connectivity index (χ0n) is 10.0. The van der Waals surface area contributed by atoms with Gasteiger partial charge in [0.1, 0.15) is 11.6 Å². The Bertz CT molecular complexity index is 530. The smallest absolute Gasteiger partial charge is 0.167 e. The number of phenolic OH excluding ortho intramolecular Hbond substituents is 1. The van der Waals surface area contributed by atoms with Crippen molar-refractivity contribution >= 4 is 0 Å². The summed E-state index contributed by atoms with van der Waals surface area (Å²) in [5.74, 6) is 2.46. The van der Waals surface area contributed by atoms with Crippen LogP contribution in [0.3, 0.4) is 0 Å². The predicted octanol–water partition coefficient (Wildman–Crippen LogP) is 1.63. The summed E-state index contributed by atoms with van der Waals surface area (Å²) in [5.41, 5.74) is 7.16. The molecule has 1 aliphatic rings. The van der Waals surface area contributed by atoms with E-state index in [1.54, 1.807) is 12.1 Å². The molecule has 3 rings (SSSR count). The van der Waals surface area contributed by atoms with Crippen molar-refractivity contribution in [2.45, 2.75) is 31.2 Å². The van der Waals surface area contributed by atoms with Crippen molar-refractivity contribution in [3.63, 3.8) is 0 Å². The fraction of sp³-hybridized carbons (Fsp3) is 0.385. The number of rotatable bonds is 4. The molecule has 0 amide bonds. The summed E-state index contributed by atoms with van der Waals surface area (Å²) in [5, 5.41) is 16.4. The molecule has 0 radical (unpaired) electrons. The number of hydrogen-bond acceptors (Lipinski definition) is 4. The van der Waals surface area contributed by atoms with Crippen LogP contribution in [-0.2, 0) is 6.42 Å². The molecule has 1 aromatic carbocycles. The molecule has 94 valence electrons. The standard InChI is InChI=1S/C13H16N4O/c14-11(7-8-1-5-10(18)6-2-8)13-15-12(16-17-13)9-3-4-9/h1-2,5-6,9,11,18H,3-4,7,14H2,(H,15,16,17). The molecule has 2 aromatic rings. The summed E-state index contributed by atoms with van der Waals surface area (Å²) >= 11 is 0. The van der Waals surface area contributed by atoms with E-state index < -0.39 is 0 Å². The molecule has 1 saturated carbocycles. The van der Waals surface area contributed by atoms with Crippen LogP contribution in [0.5, 0.6) is 5.75 Å². The predicted molar refractivity (Wildman–Crippen MR) is 67.1 cm³/mol. The lowest BCUT2D eigenvalue weighted by atomic mass is 10.1. The van der Waals surface area contributed by atoms with Crippen molar-refractivity contribution in [2.24, 2.45) is 5.73 Å². The summed E-state index contributed by atoms with van der Waals surface area (Å²) in [6.45, 7) is 0. The fourth-order valence-corrected chi connectivity index (χ4v) is 1.97. The van der Waals surface area contributed by atoms with Gasteiger partial charge in [-0.25, -0.2) is 4.98 Å². The average Bonchev–Trinajstić information content (AvgIpc) is 3.10. The fourth-order valence-electron chi connectivity index (χ4n) is 1.97. The minimum Gasteiger partial charge on any atom is -0.508 e. The molecule has 0 bridgehead atoms. The van der Waals surface area contributed by atoms with Crippen molar-refractivity contribution in [3.8, 4) is 5.75 Å². The van der Waals surface area contributed by atoms with Crippen molar-refractivity contribution in [3.05, 3.63) is 41.5 Å². The van der Waals surface area contributed by atoms with E-state index in [2.05, 4.69) is 15.2 Å². The van der Waals surface area contributed by atoms with E-state index in [0.29, 0.717) is 18.2 Å². The maximum absolute atomic E-state index is 9.22. The molecular formula is C13H16N4O. The summed E-state index contributed by atoms with van der Waals surface area (Å²) in [6.07, 6.45) is 3.06. The molecule has 0 aliphatic heterocycles. The lowest BCUT2D eigenvalue weighted by Crippen LogP contribution is -2.15. The Kier molecular flexibility index (Phi) is 2.76. The van der Waals surface area contributed by atoms with Gasteiger partial charge in [-0.1, -0.05) is 12.1 Å². The molecule has 18 heavy (non-hydrogen) atoms. The maximum Gasteiger partial charge on any atom is 0.167 e. The average molecular weight is 244 g/mol. The SMILES string of the molecule is NC(Cc1ccc(O)cc1)c1n[nH]c(C2CC2)n1. The van der Waals surface area contributed by atoms with Crippen LogP contribution in [0.4, 0.5) is 0 Å². The number of H-pyrrole nitrogens is 1. The van der Waals surface area contributed by atoms with E-state index in [0.717, 1.165) is 11.4 Å². The first kappa shape index (κ1) is 11.2. The van der Waals surface area contributed by atoms with Gasteiger partial charge in [-0.05, 0) is 37.0 Å². The van der Waals surface area contributed by atoms with Crippen molar-refractivity contribution in [2.75, 3.05) is 0 Å². The third-order valence-corrected chi connectivity index (χ3v) is 3.21. The Morgan fingerprint density at radius 3 is 2.72 bits per heavy atom. The Hall–Kier alpha value is -1.88. The van der Waals surface area contributed by atoms with Gasteiger partial charge in [-0.3, -0.25) is 5.10 Å². The third-order valence-electron chi connectivity index (χ3n) is 3.21. The van der Waals surface area contributed by atoms with Crippen LogP contribution < -0.4 is 5.73 Å². The summed E-state index contributed by atoms with van der Waals surface area (Å²) in [7, 11) is 0. The molecule has 1 fully saturated rings. The zero-order valence-corrected chi connectivity index (χ0v) is 10.0. The molecule has 1 atom stereocenters. The number of nitrogens with two attached hydrogens (primary N) is 1. The largest absolute Gasteiger partial charge is 0.508 e. The van der Waals surface area contributed by atoms with E-state index in [9.17, 15) is 5.11 Å². The number of nitrogens with one attached hydrogen (secondary N) is 1. The van der Waals surface area contributed by atoms with E-state index >= 15 is 0 Å². The first-order valence-electron chi connectivity index (χ1n) is 6.18. The van der Waals surface area contributed by atoms with Crippen molar-refractivity contribution in [1.29, 1.82) is 0 Å². The highest BCUT2D eigenvalue weighted by molar-refractivity contribution is 5.26. The molecule has 1 aliphatic carbocycles. The van der Waals surface area contributed by atoms with Crippen molar-refractivity contribution in [1.82, 2.24) is 15.2 Å². The number of aromatic amines is 1. The summed E-state index contributed by atoms with van der Waals surface area (Å²) in [6, 6.07) is 6.84. The van der Waals surface area contributed by atoms with Crippen LogP contribution in [0.25, 0.3) is 0 Å². The number of aromatic nitrogens is 3. The van der Waals surface area contributed by atoms with E-state index in [1.165, 1.54) is 12.8 Å². The van der Waals surface area contributed by atoms with Gasteiger partial charge in [0.25, 0.3) is 0 Å². The third kappa shape index (κ3) is 2.36. The van der Waals surface area contributed by atoms with Crippen LogP contribution in [0.1, 0.15) is 42.0 Å². The molecule has 0 spiro atoms. The second kappa shape index (κ2) is 4.42. The van der Waals surface area contributed by atoms with Gasteiger partial charge >= 0.3 is 0 Å². The minimum atomic E-state index is -0.210. The molecule has 5 nitrogen and oxygen atoms in total. The first-order valence-corrected chi connectivity index (χ1v) is 6.18. The molecule has 1 heterocycles. The molecule has 1 unspecified atom stereocenters. The quantitative estimate of drug-likeness (QED) is 0.762. The zero-order chi connectivity index (χ0) is 12.5. The van der Waals surface area contributed by atoms with Crippen LogP contribution >= 0.6 is 0 Å². The molecule has 0 saturated heterocycles. The lowest BCUT2D eigenvalue weighted by molar-refractivity contribution is 0.475. The van der Waals surface area contributed by atoms with Crippen LogP contribution in [-0.4, -0.2) is 20.3 Å². The summed E-state index contributed by atoms with van der Waals surface area (Å²) in [4.78, 5) is 4.44. The highest BCUT2D eigenvalue weighted by atomic mass is 16.3. The highest BCUT2D eigenvalue weighted by Crippen LogP contribution is 2.38. The van der Waals surface area contributed by atoms with Crippen LogP contribution in [0.2, 0.25) is 0 Å². The normalized spacial score (nSPS) is 16.7. The Balaban J connectivity index is 1.69. The minimum absolute atomic E-state index is 0.210. The lowest BCUT2D eigenvalue weighted by Gasteiger charge is -2.07. The Morgan fingerprint density at radius 1 is 1.33 bits per heavy atom. The van der Waals surface area contributed by atoms with Gasteiger partial charge in [0.15, 0.2) is 5.82 Å². The van der Waals surface area contributed by atoms with E-state index in [-0.39, 0.29) is 11.8 Å². The molecule has 5 heteroatoms. The molecule has 4 N–H and O–H groups in total. The second-order valence-corrected chi connectivity index (χ2v) is 4.83. The Labute approximate surface area is 105 Å².